The first kappa shape index (κ1) is 22.1. The summed E-state index contributed by atoms with van der Waals surface area (Å²) in [5.41, 5.74) is 5.78. The number of piperazine rings is 1. The highest BCUT2D eigenvalue weighted by Crippen LogP contribution is 2.33. The van der Waals surface area contributed by atoms with Crippen molar-refractivity contribution in [1.29, 1.82) is 0 Å². The predicted octanol–water partition coefficient (Wildman–Crippen LogP) is 5.05. The number of rotatable bonds is 6. The highest BCUT2D eigenvalue weighted by atomic mass is 16.1. The highest BCUT2D eigenvalue weighted by molar-refractivity contribution is 6.14. The topological polar surface area (TPSA) is 45.6 Å². The van der Waals surface area contributed by atoms with Crippen LogP contribution in [-0.4, -0.2) is 53.8 Å². The van der Waals surface area contributed by atoms with E-state index in [1.54, 1.807) is 6.92 Å². The predicted molar refractivity (Wildman–Crippen MR) is 138 cm³/mol. The van der Waals surface area contributed by atoms with Crippen LogP contribution < -0.4 is 4.90 Å². The molecule has 1 saturated heterocycles. The number of benzene rings is 3. The molecule has 0 N–H and O–H groups in total. The van der Waals surface area contributed by atoms with E-state index >= 15 is 0 Å². The van der Waals surface area contributed by atoms with E-state index in [-0.39, 0.29) is 11.6 Å². The summed E-state index contributed by atoms with van der Waals surface area (Å²) in [6.07, 6.45) is 0. The van der Waals surface area contributed by atoms with Crippen LogP contribution in [0.5, 0.6) is 0 Å². The highest BCUT2D eigenvalue weighted by Gasteiger charge is 2.25. The van der Waals surface area contributed by atoms with Gasteiger partial charge < -0.3 is 9.47 Å². The van der Waals surface area contributed by atoms with Crippen molar-refractivity contribution in [3.8, 4) is 11.3 Å². The fourth-order valence-electron chi connectivity index (χ4n) is 4.96. The molecule has 1 fully saturated rings. The summed E-state index contributed by atoms with van der Waals surface area (Å²) in [5, 5.41) is 1.01. The summed E-state index contributed by atoms with van der Waals surface area (Å²) >= 11 is 0. The Morgan fingerprint density at radius 3 is 2.12 bits per heavy atom. The Morgan fingerprint density at radius 2 is 1.44 bits per heavy atom. The van der Waals surface area contributed by atoms with Crippen molar-refractivity contribution < 1.29 is 9.59 Å². The molecule has 3 aromatic carbocycles. The molecule has 5 nitrogen and oxygen atoms in total. The van der Waals surface area contributed by atoms with Gasteiger partial charge in [-0.05, 0) is 42.8 Å². The fraction of sp³-hybridized carbons (Fsp3) is 0.241. The van der Waals surface area contributed by atoms with Crippen LogP contribution >= 0.6 is 0 Å². The lowest BCUT2D eigenvalue weighted by atomic mass is 10.0. The van der Waals surface area contributed by atoms with Gasteiger partial charge in [0.05, 0.1) is 17.8 Å². The Labute approximate surface area is 200 Å². The molecule has 0 bridgehead atoms. The van der Waals surface area contributed by atoms with E-state index in [4.69, 9.17) is 0 Å². The molecule has 1 aliphatic rings. The van der Waals surface area contributed by atoms with Gasteiger partial charge in [0, 0.05) is 55.4 Å². The molecule has 0 saturated carbocycles. The van der Waals surface area contributed by atoms with E-state index in [1.807, 2.05) is 61.6 Å². The number of hydrogen-bond donors (Lipinski definition) is 0. The van der Waals surface area contributed by atoms with E-state index in [0.717, 1.165) is 65.2 Å². The van der Waals surface area contributed by atoms with Crippen molar-refractivity contribution >= 4 is 28.2 Å². The quantitative estimate of drug-likeness (QED) is 0.385. The number of carbonyl (C=O) groups is 2. The third-order valence-corrected chi connectivity index (χ3v) is 6.81. The van der Waals surface area contributed by atoms with Gasteiger partial charge in [-0.15, -0.1) is 0 Å². The average molecular weight is 452 g/mol. The Morgan fingerprint density at radius 1 is 0.794 bits per heavy atom. The summed E-state index contributed by atoms with van der Waals surface area (Å²) in [4.78, 5) is 29.8. The van der Waals surface area contributed by atoms with E-state index in [0.29, 0.717) is 6.54 Å². The number of nitrogens with zero attached hydrogens (tertiary/aromatic N) is 3. The van der Waals surface area contributed by atoms with Crippen LogP contribution in [0.15, 0.2) is 78.9 Å². The van der Waals surface area contributed by atoms with Gasteiger partial charge >= 0.3 is 0 Å². The third kappa shape index (κ3) is 4.15. The van der Waals surface area contributed by atoms with Gasteiger partial charge in [-0.25, -0.2) is 0 Å². The zero-order valence-corrected chi connectivity index (χ0v) is 19.7. The molecule has 0 spiro atoms. The van der Waals surface area contributed by atoms with Gasteiger partial charge in [0.1, 0.15) is 0 Å². The van der Waals surface area contributed by atoms with Crippen molar-refractivity contribution in [3.63, 3.8) is 0 Å². The van der Waals surface area contributed by atoms with Gasteiger partial charge in [-0.2, -0.15) is 0 Å². The molecule has 0 radical (unpaired) electrons. The van der Waals surface area contributed by atoms with E-state index in [1.165, 1.54) is 0 Å². The normalized spacial score (nSPS) is 14.5. The summed E-state index contributed by atoms with van der Waals surface area (Å²) in [6, 6.07) is 26.1. The smallest absolute Gasteiger partial charge is 0.179 e. The Balaban J connectivity index is 1.35. The zero-order valence-electron chi connectivity index (χ0n) is 19.7. The molecule has 34 heavy (non-hydrogen) atoms. The molecule has 172 valence electrons. The Bertz CT molecular complexity index is 1330. The van der Waals surface area contributed by atoms with Crippen LogP contribution in [-0.2, 0) is 7.05 Å². The minimum atomic E-state index is 0.0817. The van der Waals surface area contributed by atoms with Gasteiger partial charge in [-0.3, -0.25) is 14.5 Å². The lowest BCUT2D eigenvalue weighted by Gasteiger charge is -2.35. The lowest BCUT2D eigenvalue weighted by Crippen LogP contribution is -2.48. The van der Waals surface area contributed by atoms with E-state index < -0.39 is 0 Å². The first-order chi connectivity index (χ1) is 16.5. The minimum Gasteiger partial charge on any atom is -0.369 e. The summed E-state index contributed by atoms with van der Waals surface area (Å²) in [6.45, 7) is 5.35. The monoisotopic (exact) mass is 451 g/mol. The zero-order chi connectivity index (χ0) is 23.7. The van der Waals surface area contributed by atoms with Crippen molar-refractivity contribution in [2.75, 3.05) is 37.6 Å². The summed E-state index contributed by atoms with van der Waals surface area (Å²) in [5.74, 6) is 0.244. The van der Waals surface area contributed by atoms with Gasteiger partial charge in [0.15, 0.2) is 11.6 Å². The van der Waals surface area contributed by atoms with Crippen molar-refractivity contribution in [3.05, 3.63) is 90.0 Å². The number of Topliss-reactive ketones (excluding diaryl/α,β-unsaturated/α-hetero) is 2. The molecule has 4 aromatic rings. The average Bonchev–Trinajstić information content (AvgIpc) is 3.17. The number of fused-ring (bicyclic) bond motifs is 1. The van der Waals surface area contributed by atoms with Crippen LogP contribution in [0.1, 0.15) is 27.6 Å². The van der Waals surface area contributed by atoms with Crippen LogP contribution in [0.2, 0.25) is 0 Å². The number of carbonyl (C=O) groups excluding carboxylic acids is 2. The lowest BCUT2D eigenvalue weighted by molar-refractivity contribution is 0.0928. The number of anilines is 1. The van der Waals surface area contributed by atoms with Crippen molar-refractivity contribution in [1.82, 2.24) is 9.47 Å². The fourth-order valence-corrected chi connectivity index (χ4v) is 4.96. The Kier molecular flexibility index (Phi) is 6.03. The van der Waals surface area contributed by atoms with Crippen molar-refractivity contribution in [2.24, 2.45) is 7.05 Å². The first-order valence-electron chi connectivity index (χ1n) is 11.8. The number of aryl methyl sites for hydroxylation is 1. The number of para-hydroxylation sites is 1. The molecule has 0 atom stereocenters. The molecular weight excluding hydrogens is 422 g/mol. The summed E-state index contributed by atoms with van der Waals surface area (Å²) in [7, 11) is 2.04. The largest absolute Gasteiger partial charge is 0.369 e. The molecule has 0 amide bonds. The van der Waals surface area contributed by atoms with Gasteiger partial charge in [0.2, 0.25) is 0 Å². The number of aromatic nitrogens is 1. The van der Waals surface area contributed by atoms with Crippen LogP contribution in [0.25, 0.3) is 22.2 Å². The molecule has 2 heterocycles. The first-order valence-corrected chi connectivity index (χ1v) is 11.8. The maximum absolute atomic E-state index is 13.7. The molecule has 1 aliphatic heterocycles. The van der Waals surface area contributed by atoms with Crippen LogP contribution in [0.3, 0.4) is 0 Å². The standard InChI is InChI=1S/C29H29N3O2/c1-21(33)22-12-14-24(15-13-22)32-18-16-31(17-19-32)20-27(34)28-25-10-6-7-11-26(25)30(2)29(28)23-8-4-3-5-9-23/h3-15H,16-20H2,1-2H3. The van der Waals surface area contributed by atoms with Crippen LogP contribution in [0.4, 0.5) is 5.69 Å². The molecule has 5 heteroatoms. The second-order valence-electron chi connectivity index (χ2n) is 8.96. The minimum absolute atomic E-state index is 0.0817. The second kappa shape index (κ2) is 9.27. The maximum Gasteiger partial charge on any atom is 0.179 e. The number of ketones is 2. The third-order valence-electron chi connectivity index (χ3n) is 6.81. The van der Waals surface area contributed by atoms with Crippen molar-refractivity contribution in [2.45, 2.75) is 6.92 Å². The molecular formula is C29H29N3O2. The van der Waals surface area contributed by atoms with Crippen LogP contribution in [0, 0.1) is 0 Å². The van der Waals surface area contributed by atoms with E-state index in [2.05, 4.69) is 38.6 Å². The molecule has 0 aliphatic carbocycles. The van der Waals surface area contributed by atoms with E-state index in [9.17, 15) is 9.59 Å². The molecule has 5 rings (SSSR count). The number of hydrogen-bond acceptors (Lipinski definition) is 4. The summed E-state index contributed by atoms with van der Waals surface area (Å²) < 4.78 is 2.14. The van der Waals surface area contributed by atoms with Gasteiger partial charge in [0.25, 0.3) is 0 Å². The maximum atomic E-state index is 13.7. The second-order valence-corrected chi connectivity index (χ2v) is 8.96. The molecule has 1 aromatic heterocycles. The SMILES string of the molecule is CC(=O)c1ccc(N2CCN(CC(=O)c3c(-c4ccccc4)n(C)c4ccccc34)CC2)cc1. The Hall–Kier alpha value is -3.70. The molecule has 0 unspecified atom stereocenters. The van der Waals surface area contributed by atoms with Gasteiger partial charge in [-0.1, -0.05) is 48.5 Å².